The normalized spacial score (nSPS) is 17.9. The van der Waals surface area contributed by atoms with Crippen molar-refractivity contribution in [1.29, 1.82) is 0 Å². The quantitative estimate of drug-likeness (QED) is 0.756. The zero-order valence-electron chi connectivity index (χ0n) is 15.6. The maximum atomic E-state index is 12.7. The highest BCUT2D eigenvalue weighted by atomic mass is 35.5. The molecular weight excluding hydrogens is 354 g/mol. The van der Waals surface area contributed by atoms with E-state index in [1.54, 1.807) is 15.3 Å². The van der Waals surface area contributed by atoms with Crippen molar-refractivity contribution in [3.63, 3.8) is 0 Å². The standard InChI is InChI=1S/C17H26ClN7O/c1-4-24-16(21-25(17(24)26)11-10-22(2)3)13-6-5-9-23(12-13)15-8-7-14(18)19-20-15/h7-8,13H,4-6,9-12H2,1-3H3. The Hall–Kier alpha value is -1.93. The van der Waals surface area contributed by atoms with E-state index in [1.807, 2.05) is 27.1 Å². The number of rotatable bonds is 6. The summed E-state index contributed by atoms with van der Waals surface area (Å²) in [4.78, 5) is 16.9. The van der Waals surface area contributed by atoms with Gasteiger partial charge in [0.05, 0.1) is 6.54 Å². The summed E-state index contributed by atoms with van der Waals surface area (Å²) in [5.41, 5.74) is -0.0206. The number of hydrogen-bond acceptors (Lipinski definition) is 6. The van der Waals surface area contributed by atoms with Gasteiger partial charge in [-0.3, -0.25) is 4.57 Å². The van der Waals surface area contributed by atoms with Crippen molar-refractivity contribution in [2.75, 3.05) is 38.6 Å². The fourth-order valence-corrected chi connectivity index (χ4v) is 3.47. The number of anilines is 1. The first-order valence-corrected chi connectivity index (χ1v) is 9.43. The first-order chi connectivity index (χ1) is 12.5. The van der Waals surface area contributed by atoms with Crippen LogP contribution in [-0.4, -0.2) is 63.2 Å². The van der Waals surface area contributed by atoms with Crippen LogP contribution in [0.2, 0.25) is 5.15 Å². The first kappa shape index (κ1) is 18.8. The SMILES string of the molecule is CCn1c(C2CCCN(c3ccc(Cl)nn3)C2)nn(CCN(C)C)c1=O. The zero-order chi connectivity index (χ0) is 18.7. The van der Waals surface area contributed by atoms with Gasteiger partial charge < -0.3 is 9.80 Å². The van der Waals surface area contributed by atoms with Gasteiger partial charge in [0.15, 0.2) is 11.0 Å². The van der Waals surface area contributed by atoms with E-state index in [9.17, 15) is 4.79 Å². The number of likely N-dealkylation sites (N-methyl/N-ethyl adjacent to an activating group) is 1. The minimum absolute atomic E-state index is 0.0206. The number of aromatic nitrogens is 5. The van der Waals surface area contributed by atoms with Crippen LogP contribution in [0, 0.1) is 0 Å². The molecule has 8 nitrogen and oxygen atoms in total. The lowest BCUT2D eigenvalue weighted by Gasteiger charge is -2.32. The number of hydrogen-bond donors (Lipinski definition) is 0. The van der Waals surface area contributed by atoms with Crippen molar-refractivity contribution < 1.29 is 0 Å². The Morgan fingerprint density at radius 1 is 1.31 bits per heavy atom. The van der Waals surface area contributed by atoms with Crippen LogP contribution in [0.4, 0.5) is 5.82 Å². The summed E-state index contributed by atoms with van der Waals surface area (Å²) in [5, 5.41) is 13.2. The summed E-state index contributed by atoms with van der Waals surface area (Å²) in [6, 6.07) is 3.64. The van der Waals surface area contributed by atoms with Gasteiger partial charge in [0.2, 0.25) is 0 Å². The van der Waals surface area contributed by atoms with E-state index in [-0.39, 0.29) is 11.6 Å². The third-order valence-electron chi connectivity index (χ3n) is 4.76. The fraction of sp³-hybridized carbons (Fsp3) is 0.647. The molecule has 1 fully saturated rings. The van der Waals surface area contributed by atoms with Gasteiger partial charge in [-0.25, -0.2) is 9.48 Å². The third kappa shape index (κ3) is 4.07. The molecule has 2 aromatic heterocycles. The molecule has 0 bridgehead atoms. The summed E-state index contributed by atoms with van der Waals surface area (Å²) in [7, 11) is 3.99. The summed E-state index contributed by atoms with van der Waals surface area (Å²) in [6.45, 7) is 5.72. The molecule has 1 aliphatic rings. The van der Waals surface area contributed by atoms with Crippen LogP contribution >= 0.6 is 11.6 Å². The maximum absolute atomic E-state index is 12.7. The van der Waals surface area contributed by atoms with Crippen molar-refractivity contribution in [2.45, 2.75) is 38.8 Å². The monoisotopic (exact) mass is 379 g/mol. The number of nitrogens with zero attached hydrogens (tertiary/aromatic N) is 7. The molecule has 9 heteroatoms. The van der Waals surface area contributed by atoms with E-state index < -0.39 is 0 Å². The first-order valence-electron chi connectivity index (χ1n) is 9.06. The Bertz CT molecular complexity index is 783. The van der Waals surface area contributed by atoms with Gasteiger partial charge >= 0.3 is 5.69 Å². The summed E-state index contributed by atoms with van der Waals surface area (Å²) >= 11 is 5.84. The molecule has 1 saturated heterocycles. The highest BCUT2D eigenvalue weighted by Gasteiger charge is 2.27. The molecule has 0 aliphatic carbocycles. The summed E-state index contributed by atoms with van der Waals surface area (Å²) < 4.78 is 3.40. The van der Waals surface area contributed by atoms with Crippen LogP contribution in [0.5, 0.6) is 0 Å². The van der Waals surface area contributed by atoms with Gasteiger partial charge in [-0.2, -0.15) is 5.10 Å². The van der Waals surface area contributed by atoms with Crippen LogP contribution in [0.25, 0.3) is 0 Å². The van der Waals surface area contributed by atoms with E-state index >= 15 is 0 Å². The molecule has 0 saturated carbocycles. The summed E-state index contributed by atoms with van der Waals surface area (Å²) in [6.07, 6.45) is 2.04. The van der Waals surface area contributed by atoms with E-state index in [0.29, 0.717) is 18.2 Å². The van der Waals surface area contributed by atoms with Crippen LogP contribution in [0.3, 0.4) is 0 Å². The molecule has 0 radical (unpaired) electrons. The van der Waals surface area contributed by atoms with Gasteiger partial charge in [0.1, 0.15) is 5.82 Å². The van der Waals surface area contributed by atoms with Crippen LogP contribution in [0.15, 0.2) is 16.9 Å². The molecule has 3 heterocycles. The molecule has 3 rings (SSSR count). The average molecular weight is 380 g/mol. The van der Waals surface area contributed by atoms with Crippen LogP contribution < -0.4 is 10.6 Å². The van der Waals surface area contributed by atoms with Crippen LogP contribution in [-0.2, 0) is 13.1 Å². The Morgan fingerprint density at radius 3 is 2.77 bits per heavy atom. The van der Waals surface area contributed by atoms with Crippen molar-refractivity contribution >= 4 is 17.4 Å². The second-order valence-corrected chi connectivity index (χ2v) is 7.30. The van der Waals surface area contributed by atoms with Crippen LogP contribution in [0.1, 0.15) is 31.5 Å². The molecular formula is C17H26ClN7O. The molecule has 1 aliphatic heterocycles. The smallest absolute Gasteiger partial charge is 0.345 e. The molecule has 0 spiro atoms. The molecule has 1 atom stereocenters. The van der Waals surface area contributed by atoms with E-state index in [0.717, 1.165) is 44.1 Å². The van der Waals surface area contributed by atoms with Crippen molar-refractivity contribution in [2.24, 2.45) is 0 Å². The van der Waals surface area contributed by atoms with Gasteiger partial charge in [-0.1, -0.05) is 11.6 Å². The summed E-state index contributed by atoms with van der Waals surface area (Å²) in [5.74, 6) is 1.90. The molecule has 1 unspecified atom stereocenters. The Morgan fingerprint density at radius 2 is 2.12 bits per heavy atom. The van der Waals surface area contributed by atoms with Gasteiger partial charge in [0.25, 0.3) is 0 Å². The molecule has 26 heavy (non-hydrogen) atoms. The highest BCUT2D eigenvalue weighted by Crippen LogP contribution is 2.27. The van der Waals surface area contributed by atoms with Gasteiger partial charge in [-0.05, 0) is 46.0 Å². The third-order valence-corrected chi connectivity index (χ3v) is 4.96. The molecule has 0 N–H and O–H groups in total. The van der Waals surface area contributed by atoms with Crippen molar-refractivity contribution in [3.8, 4) is 0 Å². The largest absolute Gasteiger partial charge is 0.354 e. The number of piperidine rings is 1. The van der Waals surface area contributed by atoms with E-state index in [4.69, 9.17) is 11.6 Å². The lowest BCUT2D eigenvalue weighted by atomic mass is 9.97. The molecule has 0 aromatic carbocycles. The van der Waals surface area contributed by atoms with E-state index in [2.05, 4.69) is 25.1 Å². The maximum Gasteiger partial charge on any atom is 0.345 e. The highest BCUT2D eigenvalue weighted by molar-refractivity contribution is 6.29. The molecule has 0 amide bonds. The topological polar surface area (TPSA) is 72.1 Å². The second-order valence-electron chi connectivity index (χ2n) is 6.91. The Balaban J connectivity index is 1.82. The lowest BCUT2D eigenvalue weighted by molar-refractivity contribution is 0.367. The lowest BCUT2D eigenvalue weighted by Crippen LogP contribution is -2.36. The number of halogens is 1. The minimum Gasteiger partial charge on any atom is -0.354 e. The zero-order valence-corrected chi connectivity index (χ0v) is 16.4. The van der Waals surface area contributed by atoms with Crippen molar-refractivity contribution in [1.82, 2.24) is 29.4 Å². The average Bonchev–Trinajstić information content (AvgIpc) is 2.96. The Labute approximate surface area is 158 Å². The molecule has 142 valence electrons. The molecule has 2 aromatic rings. The predicted molar refractivity (Wildman–Crippen MR) is 102 cm³/mol. The minimum atomic E-state index is -0.0206. The second kappa shape index (κ2) is 8.18. The van der Waals surface area contributed by atoms with Crippen molar-refractivity contribution in [3.05, 3.63) is 33.6 Å². The fourth-order valence-electron chi connectivity index (χ4n) is 3.37. The van der Waals surface area contributed by atoms with Gasteiger partial charge in [-0.15, -0.1) is 10.2 Å². The predicted octanol–water partition coefficient (Wildman–Crippen LogP) is 1.45. The van der Waals surface area contributed by atoms with E-state index in [1.165, 1.54) is 0 Å². The Kier molecular flexibility index (Phi) is 5.93. The van der Waals surface area contributed by atoms with Gasteiger partial charge in [0, 0.05) is 32.1 Å².